The van der Waals surface area contributed by atoms with Crippen molar-refractivity contribution in [3.05, 3.63) is 66.4 Å². The molecule has 0 saturated heterocycles. The molecule has 2 aromatic heterocycles. The molecule has 0 aliphatic rings. The Bertz CT molecular complexity index is 674. The van der Waals surface area contributed by atoms with Gasteiger partial charge < -0.3 is 5.32 Å². The maximum Gasteiger partial charge on any atom is 0.155 e. The number of nitrogens with zero attached hydrogens (tertiary/aromatic N) is 4. The second-order valence-corrected chi connectivity index (χ2v) is 4.59. The molecule has 0 amide bonds. The first-order chi connectivity index (χ1) is 9.81. The Morgan fingerprint density at radius 1 is 1.20 bits per heavy atom. The van der Waals surface area contributed by atoms with Crippen molar-refractivity contribution in [2.75, 3.05) is 5.32 Å². The molecular weight excluding hydrogens is 250 g/mol. The molecule has 0 spiro atoms. The summed E-state index contributed by atoms with van der Waals surface area (Å²) in [6.45, 7) is 2.88. The number of aryl methyl sites for hydroxylation is 1. The molecule has 5 heteroatoms. The van der Waals surface area contributed by atoms with E-state index in [1.54, 1.807) is 17.2 Å². The third-order valence-corrected chi connectivity index (χ3v) is 2.98. The molecule has 0 fully saturated rings. The fourth-order valence-electron chi connectivity index (χ4n) is 1.98. The minimum atomic E-state index is 0.753. The smallest absolute Gasteiger partial charge is 0.155 e. The highest BCUT2D eigenvalue weighted by molar-refractivity contribution is 5.44. The standard InChI is InChI=1S/C15H15N5/c1-12-3-2-4-13(7-12)8-17-14-5-6-15(18-9-14)20-11-16-10-19-20/h2-7,9-11,17H,8H2,1H3. The predicted octanol–water partition coefficient (Wildman–Crippen LogP) is 2.58. The van der Waals surface area contributed by atoms with Gasteiger partial charge in [-0.2, -0.15) is 5.10 Å². The summed E-state index contributed by atoms with van der Waals surface area (Å²) in [7, 11) is 0. The lowest BCUT2D eigenvalue weighted by Crippen LogP contribution is -2.02. The highest BCUT2D eigenvalue weighted by atomic mass is 15.3. The molecule has 0 aliphatic carbocycles. The zero-order chi connectivity index (χ0) is 13.8. The summed E-state index contributed by atoms with van der Waals surface area (Å²) >= 11 is 0. The highest BCUT2D eigenvalue weighted by Crippen LogP contribution is 2.11. The molecule has 2 heterocycles. The maximum absolute atomic E-state index is 4.35. The number of rotatable bonds is 4. The molecule has 0 saturated carbocycles. The van der Waals surface area contributed by atoms with E-state index in [2.05, 4.69) is 51.6 Å². The van der Waals surface area contributed by atoms with Gasteiger partial charge in [-0.05, 0) is 24.6 Å². The van der Waals surface area contributed by atoms with Crippen LogP contribution in [0.4, 0.5) is 5.69 Å². The molecule has 3 aromatic rings. The largest absolute Gasteiger partial charge is 0.380 e. The van der Waals surface area contributed by atoms with E-state index in [0.717, 1.165) is 18.1 Å². The van der Waals surface area contributed by atoms with Crippen molar-refractivity contribution in [2.45, 2.75) is 13.5 Å². The van der Waals surface area contributed by atoms with E-state index in [4.69, 9.17) is 0 Å². The number of pyridine rings is 1. The molecule has 5 nitrogen and oxygen atoms in total. The van der Waals surface area contributed by atoms with Crippen molar-refractivity contribution < 1.29 is 0 Å². The van der Waals surface area contributed by atoms with E-state index in [9.17, 15) is 0 Å². The van der Waals surface area contributed by atoms with Crippen LogP contribution in [0.3, 0.4) is 0 Å². The summed E-state index contributed by atoms with van der Waals surface area (Å²) in [5.74, 6) is 0.753. The van der Waals surface area contributed by atoms with Gasteiger partial charge in [-0.25, -0.2) is 14.6 Å². The van der Waals surface area contributed by atoms with Gasteiger partial charge in [0.05, 0.1) is 11.9 Å². The van der Waals surface area contributed by atoms with Crippen molar-refractivity contribution >= 4 is 5.69 Å². The van der Waals surface area contributed by atoms with Crippen LogP contribution in [-0.4, -0.2) is 19.7 Å². The normalized spacial score (nSPS) is 10.4. The lowest BCUT2D eigenvalue weighted by molar-refractivity contribution is 0.845. The van der Waals surface area contributed by atoms with Gasteiger partial charge in [0.15, 0.2) is 5.82 Å². The van der Waals surface area contributed by atoms with Crippen molar-refractivity contribution in [3.8, 4) is 5.82 Å². The molecule has 0 aliphatic heterocycles. The number of anilines is 1. The topological polar surface area (TPSA) is 55.6 Å². The minimum Gasteiger partial charge on any atom is -0.380 e. The van der Waals surface area contributed by atoms with Gasteiger partial charge in [0.25, 0.3) is 0 Å². The quantitative estimate of drug-likeness (QED) is 0.787. The summed E-state index contributed by atoms with van der Waals surface area (Å²) < 4.78 is 1.63. The highest BCUT2D eigenvalue weighted by Gasteiger charge is 1.99. The van der Waals surface area contributed by atoms with Crippen LogP contribution < -0.4 is 5.32 Å². The zero-order valence-electron chi connectivity index (χ0n) is 11.2. The number of hydrogen-bond acceptors (Lipinski definition) is 4. The molecule has 100 valence electrons. The van der Waals surface area contributed by atoms with Gasteiger partial charge in [-0.1, -0.05) is 29.8 Å². The molecule has 20 heavy (non-hydrogen) atoms. The van der Waals surface area contributed by atoms with Crippen LogP contribution in [0.2, 0.25) is 0 Å². The minimum absolute atomic E-state index is 0.753. The van der Waals surface area contributed by atoms with Crippen LogP contribution in [0.5, 0.6) is 0 Å². The van der Waals surface area contributed by atoms with E-state index < -0.39 is 0 Å². The van der Waals surface area contributed by atoms with E-state index in [-0.39, 0.29) is 0 Å². The maximum atomic E-state index is 4.35. The van der Waals surface area contributed by atoms with Gasteiger partial charge >= 0.3 is 0 Å². The Balaban J connectivity index is 1.67. The van der Waals surface area contributed by atoms with E-state index >= 15 is 0 Å². The summed E-state index contributed by atoms with van der Waals surface area (Å²) in [4.78, 5) is 8.25. The third kappa shape index (κ3) is 2.83. The zero-order valence-corrected chi connectivity index (χ0v) is 11.2. The first kappa shape index (κ1) is 12.3. The van der Waals surface area contributed by atoms with Crippen LogP contribution in [-0.2, 0) is 6.54 Å². The second kappa shape index (κ2) is 5.52. The number of aromatic nitrogens is 4. The average molecular weight is 265 g/mol. The van der Waals surface area contributed by atoms with E-state index in [1.165, 1.54) is 17.5 Å². The number of benzene rings is 1. The summed E-state index contributed by atoms with van der Waals surface area (Å²) in [6.07, 6.45) is 4.92. The van der Waals surface area contributed by atoms with Crippen LogP contribution in [0.1, 0.15) is 11.1 Å². The van der Waals surface area contributed by atoms with Gasteiger partial charge in [0, 0.05) is 6.54 Å². The van der Waals surface area contributed by atoms with Crippen LogP contribution in [0.15, 0.2) is 55.2 Å². The Kier molecular flexibility index (Phi) is 3.41. The Labute approximate surface area is 117 Å². The lowest BCUT2D eigenvalue weighted by Gasteiger charge is -2.07. The van der Waals surface area contributed by atoms with E-state index in [1.807, 2.05) is 12.1 Å². The van der Waals surface area contributed by atoms with Gasteiger partial charge in [-0.15, -0.1) is 0 Å². The molecule has 1 N–H and O–H groups in total. The Morgan fingerprint density at radius 3 is 2.85 bits per heavy atom. The third-order valence-electron chi connectivity index (χ3n) is 2.98. The molecule has 0 unspecified atom stereocenters. The molecule has 1 aromatic carbocycles. The fourth-order valence-corrected chi connectivity index (χ4v) is 1.98. The van der Waals surface area contributed by atoms with Crippen molar-refractivity contribution in [3.63, 3.8) is 0 Å². The Morgan fingerprint density at radius 2 is 2.15 bits per heavy atom. The monoisotopic (exact) mass is 265 g/mol. The summed E-state index contributed by atoms with van der Waals surface area (Å²) in [5.41, 5.74) is 3.50. The number of nitrogens with one attached hydrogen (secondary N) is 1. The SMILES string of the molecule is Cc1cccc(CNc2ccc(-n3cncn3)nc2)c1. The second-order valence-electron chi connectivity index (χ2n) is 4.59. The number of hydrogen-bond donors (Lipinski definition) is 1. The predicted molar refractivity (Wildman–Crippen MR) is 77.7 cm³/mol. The molecule has 3 rings (SSSR count). The van der Waals surface area contributed by atoms with Gasteiger partial charge in [0.1, 0.15) is 12.7 Å². The lowest BCUT2D eigenvalue weighted by atomic mass is 10.1. The first-order valence-electron chi connectivity index (χ1n) is 6.42. The van der Waals surface area contributed by atoms with Crippen molar-refractivity contribution in [1.82, 2.24) is 19.7 Å². The first-order valence-corrected chi connectivity index (χ1v) is 6.42. The van der Waals surface area contributed by atoms with E-state index in [0.29, 0.717) is 0 Å². The van der Waals surface area contributed by atoms with Crippen LogP contribution >= 0.6 is 0 Å². The fraction of sp³-hybridized carbons (Fsp3) is 0.133. The summed E-state index contributed by atoms with van der Waals surface area (Å²) in [6, 6.07) is 12.3. The molecule has 0 bridgehead atoms. The Hall–Kier alpha value is -2.69. The van der Waals surface area contributed by atoms with Crippen LogP contribution in [0, 0.1) is 6.92 Å². The van der Waals surface area contributed by atoms with Crippen molar-refractivity contribution in [1.29, 1.82) is 0 Å². The molecule has 0 radical (unpaired) electrons. The van der Waals surface area contributed by atoms with Crippen LogP contribution in [0.25, 0.3) is 5.82 Å². The average Bonchev–Trinajstić information content (AvgIpc) is 3.00. The van der Waals surface area contributed by atoms with Gasteiger partial charge in [-0.3, -0.25) is 0 Å². The summed E-state index contributed by atoms with van der Waals surface area (Å²) in [5, 5.41) is 7.39. The van der Waals surface area contributed by atoms with Gasteiger partial charge in [0.2, 0.25) is 0 Å². The van der Waals surface area contributed by atoms with Crippen molar-refractivity contribution in [2.24, 2.45) is 0 Å². The molecule has 0 atom stereocenters. The molecular formula is C15H15N5.